The Morgan fingerprint density at radius 3 is 2.64 bits per heavy atom. The summed E-state index contributed by atoms with van der Waals surface area (Å²) in [6, 6.07) is 9.23. The van der Waals surface area contributed by atoms with Gasteiger partial charge in [0.2, 0.25) is 0 Å². The van der Waals surface area contributed by atoms with Crippen molar-refractivity contribution in [2.75, 3.05) is 0 Å². The van der Waals surface area contributed by atoms with E-state index in [-0.39, 0.29) is 23.9 Å². The van der Waals surface area contributed by atoms with Gasteiger partial charge < -0.3 is 20.0 Å². The molecule has 1 saturated carbocycles. The van der Waals surface area contributed by atoms with Gasteiger partial charge in [0.15, 0.2) is 0 Å². The van der Waals surface area contributed by atoms with Crippen LogP contribution in [-0.2, 0) is 0 Å². The number of nitrogens with zero attached hydrogens (tertiary/aromatic N) is 2. The molecule has 0 radical (unpaired) electrons. The zero-order chi connectivity index (χ0) is 19.1. The Bertz CT molecular complexity index is 1190. The minimum absolute atomic E-state index is 0.00264. The maximum Gasteiger partial charge on any atom is 0.270 e. The Hall–Kier alpha value is -3.68. The topological polar surface area (TPSA) is 113 Å². The number of rotatable bonds is 4. The van der Waals surface area contributed by atoms with Crippen molar-refractivity contribution in [1.82, 2.24) is 25.6 Å². The fourth-order valence-corrected chi connectivity index (χ4v) is 3.58. The molecule has 1 aromatic carbocycles. The fraction of sp³-hybridized carbons (Fsp3) is 0.200. The van der Waals surface area contributed by atoms with E-state index in [1.165, 1.54) is 12.6 Å². The molecule has 3 N–H and O–H groups in total. The van der Waals surface area contributed by atoms with E-state index in [0.717, 1.165) is 5.39 Å². The molecule has 140 valence electrons. The highest BCUT2D eigenvalue weighted by molar-refractivity contribution is 6.06. The number of benzene rings is 1. The van der Waals surface area contributed by atoms with Gasteiger partial charge in [0.1, 0.15) is 29.5 Å². The zero-order valence-corrected chi connectivity index (χ0v) is 14.8. The molecule has 0 saturated heterocycles. The number of hydrogen-bond donors (Lipinski definition) is 3. The molecular formula is C20H17N5O3. The van der Waals surface area contributed by atoms with Gasteiger partial charge in [-0.1, -0.05) is 18.2 Å². The normalized spacial score (nSPS) is 18.7. The van der Waals surface area contributed by atoms with Gasteiger partial charge in [-0.15, -0.1) is 0 Å². The zero-order valence-electron chi connectivity index (χ0n) is 14.8. The van der Waals surface area contributed by atoms with Gasteiger partial charge in [0.05, 0.1) is 10.9 Å². The van der Waals surface area contributed by atoms with Crippen molar-refractivity contribution >= 4 is 33.8 Å². The number of aromatic nitrogens is 3. The maximum atomic E-state index is 12.5. The molecule has 0 spiro atoms. The maximum absolute atomic E-state index is 12.5. The molecule has 1 fully saturated rings. The third-order valence-corrected chi connectivity index (χ3v) is 5.10. The second-order valence-electron chi connectivity index (χ2n) is 6.92. The lowest BCUT2D eigenvalue weighted by molar-refractivity contribution is 0.0861. The van der Waals surface area contributed by atoms with E-state index in [2.05, 4.69) is 25.6 Å². The number of furan rings is 1. The number of hydrogen-bond acceptors (Lipinski definition) is 5. The Balaban J connectivity index is 1.19. The van der Waals surface area contributed by atoms with Crippen LogP contribution in [-0.4, -0.2) is 38.8 Å². The molecule has 0 aliphatic heterocycles. The van der Waals surface area contributed by atoms with Crippen LogP contribution in [0.4, 0.5) is 0 Å². The van der Waals surface area contributed by atoms with Gasteiger partial charge in [-0.2, -0.15) is 0 Å². The number of H-pyrrole nitrogens is 1. The molecule has 0 unspecified atom stereocenters. The summed E-state index contributed by atoms with van der Waals surface area (Å²) < 4.78 is 5.42. The lowest BCUT2D eigenvalue weighted by Crippen LogP contribution is -2.53. The third kappa shape index (κ3) is 2.79. The summed E-state index contributed by atoms with van der Waals surface area (Å²) >= 11 is 0. The van der Waals surface area contributed by atoms with Gasteiger partial charge in [-0.25, -0.2) is 9.97 Å². The summed E-state index contributed by atoms with van der Waals surface area (Å²) in [5, 5.41) is 7.45. The van der Waals surface area contributed by atoms with Crippen LogP contribution in [0, 0.1) is 0 Å². The highest BCUT2D eigenvalue weighted by Crippen LogP contribution is 2.24. The monoisotopic (exact) mass is 375 g/mol. The van der Waals surface area contributed by atoms with E-state index in [0.29, 0.717) is 40.7 Å². The van der Waals surface area contributed by atoms with Gasteiger partial charge in [-0.05, 0) is 25.0 Å². The van der Waals surface area contributed by atoms with Gasteiger partial charge in [-0.3, -0.25) is 9.59 Å². The summed E-state index contributed by atoms with van der Waals surface area (Å²) in [6.45, 7) is 0. The predicted molar refractivity (Wildman–Crippen MR) is 102 cm³/mol. The first kappa shape index (κ1) is 16.5. The van der Waals surface area contributed by atoms with Crippen molar-refractivity contribution in [1.29, 1.82) is 0 Å². The van der Waals surface area contributed by atoms with Crippen LogP contribution < -0.4 is 10.6 Å². The molecule has 0 bridgehead atoms. The molecule has 1 aliphatic carbocycles. The standard InChI is InChI=1S/C20H17N5O3/c26-19(15-9-28-16-4-2-1-3-13(15)16)24-11-7-12(8-11)25-20(27)17-14-5-6-21-18(14)23-10-22-17/h1-6,9-12H,7-8H2,(H,24,26)(H,25,27)(H,21,22,23). The molecule has 5 rings (SSSR count). The van der Waals surface area contributed by atoms with Crippen molar-refractivity contribution in [3.05, 3.63) is 60.4 Å². The Morgan fingerprint density at radius 2 is 1.79 bits per heavy atom. The predicted octanol–water partition coefficient (Wildman–Crippen LogP) is 2.39. The molecule has 28 heavy (non-hydrogen) atoms. The van der Waals surface area contributed by atoms with E-state index in [1.54, 1.807) is 12.3 Å². The number of fused-ring (bicyclic) bond motifs is 2. The van der Waals surface area contributed by atoms with Crippen molar-refractivity contribution in [2.45, 2.75) is 24.9 Å². The number of amides is 2. The largest absolute Gasteiger partial charge is 0.463 e. The smallest absolute Gasteiger partial charge is 0.270 e. The van der Waals surface area contributed by atoms with E-state index >= 15 is 0 Å². The summed E-state index contributed by atoms with van der Waals surface area (Å²) in [4.78, 5) is 36.2. The first-order valence-corrected chi connectivity index (χ1v) is 9.05. The third-order valence-electron chi connectivity index (χ3n) is 5.10. The minimum atomic E-state index is -0.234. The van der Waals surface area contributed by atoms with Crippen LogP contribution in [0.2, 0.25) is 0 Å². The molecule has 0 atom stereocenters. The van der Waals surface area contributed by atoms with Crippen LogP contribution in [0.25, 0.3) is 22.0 Å². The van der Waals surface area contributed by atoms with Gasteiger partial charge in [0, 0.05) is 23.7 Å². The van der Waals surface area contributed by atoms with E-state index in [1.807, 2.05) is 24.3 Å². The lowest BCUT2D eigenvalue weighted by Gasteiger charge is -2.36. The Morgan fingerprint density at radius 1 is 1.00 bits per heavy atom. The fourth-order valence-electron chi connectivity index (χ4n) is 3.58. The second kappa shape index (κ2) is 6.49. The number of aromatic amines is 1. The van der Waals surface area contributed by atoms with Crippen LogP contribution >= 0.6 is 0 Å². The van der Waals surface area contributed by atoms with E-state index in [9.17, 15) is 9.59 Å². The highest BCUT2D eigenvalue weighted by atomic mass is 16.3. The van der Waals surface area contributed by atoms with Crippen molar-refractivity contribution < 1.29 is 14.0 Å². The Kier molecular flexibility index (Phi) is 3.82. The first-order chi connectivity index (χ1) is 13.7. The van der Waals surface area contributed by atoms with Crippen molar-refractivity contribution in [3.63, 3.8) is 0 Å². The summed E-state index contributed by atoms with van der Waals surface area (Å²) in [6.07, 6.45) is 5.93. The average molecular weight is 375 g/mol. The molecule has 2 amide bonds. The van der Waals surface area contributed by atoms with Crippen LogP contribution in [0.1, 0.15) is 33.7 Å². The molecule has 4 aromatic rings. The van der Waals surface area contributed by atoms with Crippen LogP contribution in [0.3, 0.4) is 0 Å². The first-order valence-electron chi connectivity index (χ1n) is 9.05. The van der Waals surface area contributed by atoms with Gasteiger partial charge in [0.25, 0.3) is 11.8 Å². The minimum Gasteiger partial charge on any atom is -0.463 e. The Labute approximate surface area is 159 Å². The SMILES string of the molecule is O=C(NC1CC(NC(=O)c2coc3ccccc23)C1)c1ncnc2[nH]ccc12. The van der Waals surface area contributed by atoms with Crippen LogP contribution in [0.5, 0.6) is 0 Å². The second-order valence-corrected chi connectivity index (χ2v) is 6.92. The molecular weight excluding hydrogens is 358 g/mol. The van der Waals surface area contributed by atoms with E-state index in [4.69, 9.17) is 4.42 Å². The molecule has 3 aromatic heterocycles. The number of carbonyl (C=O) groups excluding carboxylic acids is 2. The molecule has 8 heteroatoms. The quantitative estimate of drug-likeness (QED) is 0.507. The van der Waals surface area contributed by atoms with Crippen molar-refractivity contribution in [3.8, 4) is 0 Å². The molecule has 1 aliphatic rings. The molecule has 3 heterocycles. The molecule has 8 nitrogen and oxygen atoms in total. The van der Waals surface area contributed by atoms with E-state index < -0.39 is 0 Å². The van der Waals surface area contributed by atoms with Crippen LogP contribution in [0.15, 0.2) is 53.5 Å². The summed E-state index contributed by atoms with van der Waals surface area (Å²) in [7, 11) is 0. The van der Waals surface area contributed by atoms with Crippen molar-refractivity contribution in [2.24, 2.45) is 0 Å². The lowest BCUT2D eigenvalue weighted by atomic mass is 9.86. The summed E-state index contributed by atoms with van der Waals surface area (Å²) in [5.74, 6) is -0.396. The number of para-hydroxylation sites is 1. The summed E-state index contributed by atoms with van der Waals surface area (Å²) in [5.41, 5.74) is 2.20. The highest BCUT2D eigenvalue weighted by Gasteiger charge is 2.32. The van der Waals surface area contributed by atoms with Gasteiger partial charge >= 0.3 is 0 Å². The number of nitrogens with one attached hydrogen (secondary N) is 3. The average Bonchev–Trinajstić information content (AvgIpc) is 3.32. The number of carbonyl (C=O) groups is 2.